The van der Waals surface area contributed by atoms with E-state index in [0.717, 1.165) is 28.5 Å². The Labute approximate surface area is 120 Å². The van der Waals surface area contributed by atoms with Gasteiger partial charge in [0.1, 0.15) is 0 Å². The number of halogens is 2. The molecule has 0 unspecified atom stereocenters. The lowest BCUT2D eigenvalue weighted by Gasteiger charge is -2.53. The summed E-state index contributed by atoms with van der Waals surface area (Å²) in [6.45, 7) is 7.47. The quantitative estimate of drug-likeness (QED) is 0.841. The van der Waals surface area contributed by atoms with Gasteiger partial charge in [-0.1, -0.05) is 50.0 Å². The molecule has 1 aliphatic carbocycles. The number of hydrogen-bond acceptors (Lipinski definition) is 1. The third-order valence-electron chi connectivity index (χ3n) is 4.38. The van der Waals surface area contributed by atoms with Crippen LogP contribution in [0, 0.1) is 11.3 Å². The first-order chi connectivity index (χ1) is 8.30. The molecule has 1 aromatic carbocycles. The predicted octanol–water partition coefficient (Wildman–Crippen LogP) is 4.65. The second-order valence-corrected chi connectivity index (χ2v) is 7.37. The van der Waals surface area contributed by atoms with Crippen molar-refractivity contribution in [1.29, 1.82) is 0 Å². The smallest absolute Gasteiger partial charge is 0.0459 e. The fourth-order valence-corrected chi connectivity index (χ4v) is 3.77. The lowest BCUT2D eigenvalue weighted by atomic mass is 9.52. The Hall–Kier alpha value is -0.240. The second-order valence-electron chi connectivity index (χ2n) is 6.55. The van der Waals surface area contributed by atoms with Crippen LogP contribution in [0.2, 0.25) is 10.0 Å². The highest BCUT2D eigenvalue weighted by Crippen LogP contribution is 2.56. The minimum Gasteiger partial charge on any atom is -0.330 e. The standard InChI is InChI=1S/C15H21Cl2N/c1-14(2,3)10-7-15(8-10,9-18)13-11(16)5-4-6-12(13)17/h4-6,10H,7-9,18H2,1-3H3. The molecule has 0 radical (unpaired) electrons. The van der Waals surface area contributed by atoms with Crippen LogP contribution in [-0.4, -0.2) is 6.54 Å². The fourth-order valence-electron chi connectivity index (χ4n) is 2.97. The molecule has 1 fully saturated rings. The van der Waals surface area contributed by atoms with Crippen LogP contribution < -0.4 is 5.73 Å². The molecule has 0 heterocycles. The molecule has 1 saturated carbocycles. The molecule has 0 aliphatic heterocycles. The zero-order valence-electron chi connectivity index (χ0n) is 11.3. The highest BCUT2D eigenvalue weighted by Gasteiger charge is 2.50. The van der Waals surface area contributed by atoms with E-state index in [1.165, 1.54) is 0 Å². The summed E-state index contributed by atoms with van der Waals surface area (Å²) in [6.07, 6.45) is 2.16. The molecule has 18 heavy (non-hydrogen) atoms. The fraction of sp³-hybridized carbons (Fsp3) is 0.600. The van der Waals surface area contributed by atoms with Gasteiger partial charge >= 0.3 is 0 Å². The Kier molecular flexibility index (Phi) is 3.70. The van der Waals surface area contributed by atoms with E-state index in [-0.39, 0.29) is 5.41 Å². The van der Waals surface area contributed by atoms with Crippen molar-refractivity contribution in [2.75, 3.05) is 6.54 Å². The maximum atomic E-state index is 6.33. The highest BCUT2D eigenvalue weighted by atomic mass is 35.5. The summed E-state index contributed by atoms with van der Waals surface area (Å²) < 4.78 is 0. The van der Waals surface area contributed by atoms with Crippen molar-refractivity contribution in [3.8, 4) is 0 Å². The molecule has 1 aromatic rings. The van der Waals surface area contributed by atoms with E-state index in [9.17, 15) is 0 Å². The van der Waals surface area contributed by atoms with E-state index >= 15 is 0 Å². The first-order valence-corrected chi connectivity index (χ1v) is 7.20. The van der Waals surface area contributed by atoms with Gasteiger partial charge in [0, 0.05) is 22.0 Å². The van der Waals surface area contributed by atoms with Crippen LogP contribution in [0.25, 0.3) is 0 Å². The zero-order valence-corrected chi connectivity index (χ0v) is 12.8. The van der Waals surface area contributed by atoms with Gasteiger partial charge < -0.3 is 5.73 Å². The maximum absolute atomic E-state index is 6.33. The maximum Gasteiger partial charge on any atom is 0.0459 e. The molecule has 1 aliphatic rings. The van der Waals surface area contributed by atoms with Crippen molar-refractivity contribution in [3.63, 3.8) is 0 Å². The molecule has 3 heteroatoms. The summed E-state index contributed by atoms with van der Waals surface area (Å²) in [7, 11) is 0. The van der Waals surface area contributed by atoms with Crippen molar-refractivity contribution in [2.24, 2.45) is 17.1 Å². The predicted molar refractivity (Wildman–Crippen MR) is 79.4 cm³/mol. The summed E-state index contributed by atoms with van der Waals surface area (Å²) >= 11 is 12.7. The zero-order chi connectivity index (χ0) is 13.6. The largest absolute Gasteiger partial charge is 0.330 e. The lowest BCUT2D eigenvalue weighted by molar-refractivity contribution is 0.0505. The Balaban J connectivity index is 2.32. The van der Waals surface area contributed by atoms with Crippen molar-refractivity contribution in [3.05, 3.63) is 33.8 Å². The number of rotatable bonds is 2. The van der Waals surface area contributed by atoms with Gasteiger partial charge in [-0.2, -0.15) is 0 Å². The molecule has 2 rings (SSSR count). The van der Waals surface area contributed by atoms with Gasteiger partial charge in [-0.25, -0.2) is 0 Å². The van der Waals surface area contributed by atoms with E-state index in [4.69, 9.17) is 28.9 Å². The Bertz CT molecular complexity index is 422. The van der Waals surface area contributed by atoms with E-state index in [2.05, 4.69) is 20.8 Å². The van der Waals surface area contributed by atoms with Crippen LogP contribution >= 0.6 is 23.2 Å². The summed E-state index contributed by atoms with van der Waals surface area (Å²) in [4.78, 5) is 0. The van der Waals surface area contributed by atoms with Crippen LogP contribution in [0.4, 0.5) is 0 Å². The van der Waals surface area contributed by atoms with Crippen LogP contribution in [0.15, 0.2) is 18.2 Å². The highest BCUT2D eigenvalue weighted by molar-refractivity contribution is 6.36. The number of nitrogens with two attached hydrogens (primary N) is 1. The van der Waals surface area contributed by atoms with Gasteiger partial charge in [0.2, 0.25) is 0 Å². The first-order valence-electron chi connectivity index (χ1n) is 6.45. The number of benzene rings is 1. The third kappa shape index (κ3) is 2.29. The third-order valence-corrected chi connectivity index (χ3v) is 5.01. The topological polar surface area (TPSA) is 26.0 Å². The van der Waals surface area contributed by atoms with Gasteiger partial charge in [-0.3, -0.25) is 0 Å². The molecule has 2 N–H and O–H groups in total. The van der Waals surface area contributed by atoms with Crippen LogP contribution in [0.1, 0.15) is 39.2 Å². The van der Waals surface area contributed by atoms with Gasteiger partial charge in [-0.05, 0) is 41.9 Å². The second kappa shape index (κ2) is 4.70. The minimum absolute atomic E-state index is 0.0205. The molecule has 1 nitrogen and oxygen atoms in total. The molecule has 0 atom stereocenters. The first kappa shape index (κ1) is 14.2. The van der Waals surface area contributed by atoms with Crippen molar-refractivity contribution in [2.45, 2.75) is 39.0 Å². The van der Waals surface area contributed by atoms with Gasteiger partial charge in [0.25, 0.3) is 0 Å². The molecule has 0 amide bonds. The summed E-state index contributed by atoms with van der Waals surface area (Å²) in [5.74, 6) is 0.688. The lowest BCUT2D eigenvalue weighted by Crippen LogP contribution is -2.51. The Morgan fingerprint density at radius 3 is 2.11 bits per heavy atom. The SMILES string of the molecule is CC(C)(C)C1CC(CN)(c2c(Cl)cccc2Cl)C1. The van der Waals surface area contributed by atoms with Crippen LogP contribution in [0.3, 0.4) is 0 Å². The van der Waals surface area contributed by atoms with Gasteiger partial charge in [0.15, 0.2) is 0 Å². The van der Waals surface area contributed by atoms with E-state index in [0.29, 0.717) is 17.9 Å². The van der Waals surface area contributed by atoms with Crippen LogP contribution in [-0.2, 0) is 5.41 Å². The van der Waals surface area contributed by atoms with Crippen molar-refractivity contribution < 1.29 is 0 Å². The molecular formula is C15H21Cl2N. The Morgan fingerprint density at radius 1 is 1.22 bits per heavy atom. The van der Waals surface area contributed by atoms with Crippen molar-refractivity contribution in [1.82, 2.24) is 0 Å². The average molecular weight is 286 g/mol. The molecule has 0 aromatic heterocycles. The van der Waals surface area contributed by atoms with Gasteiger partial charge in [-0.15, -0.1) is 0 Å². The Morgan fingerprint density at radius 2 is 1.72 bits per heavy atom. The molecule has 0 bridgehead atoms. The van der Waals surface area contributed by atoms with Crippen LogP contribution in [0.5, 0.6) is 0 Å². The summed E-state index contributed by atoms with van der Waals surface area (Å²) in [5, 5.41) is 1.50. The minimum atomic E-state index is -0.0205. The monoisotopic (exact) mass is 285 g/mol. The normalized spacial score (nSPS) is 28.0. The van der Waals surface area contributed by atoms with E-state index in [1.807, 2.05) is 18.2 Å². The van der Waals surface area contributed by atoms with Crippen molar-refractivity contribution >= 4 is 23.2 Å². The van der Waals surface area contributed by atoms with Gasteiger partial charge in [0.05, 0.1) is 0 Å². The van der Waals surface area contributed by atoms with E-state index in [1.54, 1.807) is 0 Å². The summed E-state index contributed by atoms with van der Waals surface area (Å²) in [6, 6.07) is 5.70. The summed E-state index contributed by atoms with van der Waals surface area (Å²) in [5.41, 5.74) is 7.38. The molecule has 0 spiro atoms. The average Bonchev–Trinajstić information content (AvgIpc) is 2.19. The molecule has 100 valence electrons. The molecule has 0 saturated heterocycles. The van der Waals surface area contributed by atoms with E-state index < -0.39 is 0 Å². The number of hydrogen-bond donors (Lipinski definition) is 1. The molecular weight excluding hydrogens is 265 g/mol.